The highest BCUT2D eigenvalue weighted by Gasteiger charge is 2.15. The minimum Gasteiger partial charge on any atom is -0.355 e. The molecule has 0 saturated carbocycles. The van der Waals surface area contributed by atoms with Crippen molar-refractivity contribution < 1.29 is 0 Å². The molecule has 1 aromatic rings. The molecular weight excluding hydrogens is 417 g/mol. The van der Waals surface area contributed by atoms with E-state index in [-0.39, 0.29) is 24.0 Å². The van der Waals surface area contributed by atoms with Crippen molar-refractivity contribution in [1.82, 2.24) is 15.6 Å². The zero-order chi connectivity index (χ0) is 14.4. The number of anilines is 1. The SMILES string of the molecule is CN=C(NCc1csc(N(C)C)n1)NCC1CCCS1.I. The summed E-state index contributed by atoms with van der Waals surface area (Å²) in [7, 11) is 5.83. The molecule has 1 atom stereocenters. The predicted octanol–water partition coefficient (Wildman–Crippen LogP) is 2.39. The van der Waals surface area contributed by atoms with Gasteiger partial charge in [-0.1, -0.05) is 0 Å². The fourth-order valence-electron chi connectivity index (χ4n) is 1.99. The topological polar surface area (TPSA) is 52.6 Å². The van der Waals surface area contributed by atoms with Gasteiger partial charge in [0.15, 0.2) is 11.1 Å². The Labute approximate surface area is 152 Å². The summed E-state index contributed by atoms with van der Waals surface area (Å²) in [5, 5.41) is 10.6. The first-order valence-corrected chi connectivity index (χ1v) is 8.79. The first-order chi connectivity index (χ1) is 9.69. The van der Waals surface area contributed by atoms with E-state index in [0.717, 1.165) is 28.6 Å². The Morgan fingerprint density at radius 2 is 2.29 bits per heavy atom. The van der Waals surface area contributed by atoms with Crippen LogP contribution >= 0.6 is 47.1 Å². The van der Waals surface area contributed by atoms with E-state index in [9.17, 15) is 0 Å². The maximum absolute atomic E-state index is 4.55. The Morgan fingerprint density at radius 1 is 1.48 bits per heavy atom. The van der Waals surface area contributed by atoms with Crippen LogP contribution in [0.5, 0.6) is 0 Å². The zero-order valence-electron chi connectivity index (χ0n) is 12.8. The second kappa shape index (κ2) is 9.73. The number of guanidine groups is 1. The Balaban J connectivity index is 0.00000220. The smallest absolute Gasteiger partial charge is 0.191 e. The van der Waals surface area contributed by atoms with Gasteiger partial charge < -0.3 is 15.5 Å². The van der Waals surface area contributed by atoms with Gasteiger partial charge in [-0.15, -0.1) is 35.3 Å². The number of halogens is 1. The van der Waals surface area contributed by atoms with Gasteiger partial charge in [0.05, 0.1) is 12.2 Å². The van der Waals surface area contributed by atoms with Gasteiger partial charge in [0.1, 0.15) is 0 Å². The molecule has 8 heteroatoms. The molecule has 0 bridgehead atoms. The third-order valence-electron chi connectivity index (χ3n) is 3.10. The highest BCUT2D eigenvalue weighted by Crippen LogP contribution is 2.25. The fraction of sp³-hybridized carbons (Fsp3) is 0.692. The van der Waals surface area contributed by atoms with Crippen LogP contribution in [0.3, 0.4) is 0 Å². The van der Waals surface area contributed by atoms with Gasteiger partial charge in [-0.05, 0) is 18.6 Å². The first-order valence-electron chi connectivity index (χ1n) is 6.87. The maximum atomic E-state index is 4.55. The summed E-state index contributed by atoms with van der Waals surface area (Å²) in [5.74, 6) is 2.15. The Hall–Kier alpha value is -0.220. The van der Waals surface area contributed by atoms with Gasteiger partial charge in [-0.2, -0.15) is 11.8 Å². The van der Waals surface area contributed by atoms with Gasteiger partial charge in [0.2, 0.25) is 0 Å². The molecule has 0 amide bonds. The van der Waals surface area contributed by atoms with Crippen LogP contribution < -0.4 is 15.5 Å². The molecule has 5 nitrogen and oxygen atoms in total. The van der Waals surface area contributed by atoms with Gasteiger partial charge in [0.25, 0.3) is 0 Å². The highest BCUT2D eigenvalue weighted by molar-refractivity contribution is 14.0. The lowest BCUT2D eigenvalue weighted by Crippen LogP contribution is -2.39. The van der Waals surface area contributed by atoms with Crippen LogP contribution in [0, 0.1) is 0 Å². The van der Waals surface area contributed by atoms with Crippen molar-refractivity contribution in [3.05, 3.63) is 11.1 Å². The number of nitrogens with zero attached hydrogens (tertiary/aromatic N) is 3. The normalized spacial score (nSPS) is 18.2. The molecule has 1 fully saturated rings. The number of thiazole rings is 1. The van der Waals surface area contributed by atoms with E-state index in [2.05, 4.69) is 37.8 Å². The summed E-state index contributed by atoms with van der Waals surface area (Å²) < 4.78 is 0. The Kier molecular flexibility index (Phi) is 8.72. The van der Waals surface area contributed by atoms with Crippen LogP contribution in [0.2, 0.25) is 0 Å². The zero-order valence-corrected chi connectivity index (χ0v) is 16.7. The summed E-state index contributed by atoms with van der Waals surface area (Å²) in [6.07, 6.45) is 2.65. The number of hydrogen-bond donors (Lipinski definition) is 2. The molecule has 0 aromatic carbocycles. The summed E-state index contributed by atoms with van der Waals surface area (Å²) in [6, 6.07) is 0. The van der Waals surface area contributed by atoms with Crippen molar-refractivity contribution in [3.63, 3.8) is 0 Å². The number of rotatable bonds is 5. The molecule has 1 unspecified atom stereocenters. The molecule has 21 heavy (non-hydrogen) atoms. The first kappa shape index (κ1) is 18.8. The number of thioether (sulfide) groups is 1. The van der Waals surface area contributed by atoms with E-state index in [0.29, 0.717) is 6.54 Å². The molecule has 1 aliphatic heterocycles. The van der Waals surface area contributed by atoms with Crippen molar-refractivity contribution in [2.24, 2.45) is 4.99 Å². The van der Waals surface area contributed by atoms with Gasteiger partial charge in [0, 0.05) is 38.3 Å². The van der Waals surface area contributed by atoms with E-state index < -0.39 is 0 Å². The third-order valence-corrected chi connectivity index (χ3v) is 5.56. The largest absolute Gasteiger partial charge is 0.355 e. The number of hydrogen-bond acceptors (Lipinski definition) is 5. The lowest BCUT2D eigenvalue weighted by Gasteiger charge is -2.14. The molecule has 1 aromatic heterocycles. The van der Waals surface area contributed by atoms with E-state index in [1.54, 1.807) is 11.3 Å². The van der Waals surface area contributed by atoms with E-state index in [1.165, 1.54) is 18.6 Å². The second-order valence-electron chi connectivity index (χ2n) is 4.96. The molecule has 2 rings (SSSR count). The van der Waals surface area contributed by atoms with Crippen molar-refractivity contribution in [3.8, 4) is 0 Å². The third kappa shape index (κ3) is 6.19. The standard InChI is InChI=1S/C13H23N5S2.HI/c1-14-12(16-8-11-5-4-6-19-11)15-7-10-9-20-13(17-10)18(2)3;/h9,11H,4-8H2,1-3H3,(H2,14,15,16);1H. The van der Waals surface area contributed by atoms with Crippen LogP contribution in [-0.4, -0.2) is 49.6 Å². The Bertz CT molecular complexity index is 444. The molecule has 0 aliphatic carbocycles. The fourth-order valence-corrected chi connectivity index (χ4v) is 3.95. The number of aliphatic imine (C=N–C) groups is 1. The van der Waals surface area contributed by atoms with E-state index in [1.807, 2.05) is 26.0 Å². The lowest BCUT2D eigenvalue weighted by molar-refractivity contribution is 0.724. The molecule has 0 spiro atoms. The van der Waals surface area contributed by atoms with Crippen molar-refractivity contribution in [2.45, 2.75) is 24.6 Å². The van der Waals surface area contributed by atoms with Gasteiger partial charge in [-0.3, -0.25) is 4.99 Å². The van der Waals surface area contributed by atoms with Crippen LogP contribution in [0.1, 0.15) is 18.5 Å². The van der Waals surface area contributed by atoms with Gasteiger partial charge in [-0.25, -0.2) is 4.98 Å². The van der Waals surface area contributed by atoms with Crippen molar-refractivity contribution in [2.75, 3.05) is 38.3 Å². The molecule has 2 N–H and O–H groups in total. The average molecular weight is 441 g/mol. The van der Waals surface area contributed by atoms with Gasteiger partial charge >= 0.3 is 0 Å². The monoisotopic (exact) mass is 441 g/mol. The minimum absolute atomic E-state index is 0. The molecule has 2 heterocycles. The van der Waals surface area contributed by atoms with E-state index in [4.69, 9.17) is 0 Å². The molecule has 1 saturated heterocycles. The van der Waals surface area contributed by atoms with Crippen LogP contribution in [0.4, 0.5) is 5.13 Å². The van der Waals surface area contributed by atoms with Crippen LogP contribution in [0.15, 0.2) is 10.4 Å². The summed E-state index contributed by atoms with van der Waals surface area (Å²) in [5.41, 5.74) is 1.05. The van der Waals surface area contributed by atoms with Crippen molar-refractivity contribution >= 4 is 58.2 Å². The Morgan fingerprint density at radius 3 is 2.86 bits per heavy atom. The van der Waals surface area contributed by atoms with Crippen LogP contribution in [-0.2, 0) is 6.54 Å². The quantitative estimate of drug-likeness (QED) is 0.418. The molecule has 0 radical (unpaired) electrons. The summed E-state index contributed by atoms with van der Waals surface area (Å²) in [4.78, 5) is 10.8. The molecule has 120 valence electrons. The van der Waals surface area contributed by atoms with Crippen molar-refractivity contribution in [1.29, 1.82) is 0 Å². The predicted molar refractivity (Wildman–Crippen MR) is 106 cm³/mol. The number of aromatic nitrogens is 1. The maximum Gasteiger partial charge on any atom is 0.191 e. The lowest BCUT2D eigenvalue weighted by atomic mass is 10.2. The minimum atomic E-state index is 0. The summed E-state index contributed by atoms with van der Waals surface area (Å²) >= 11 is 3.72. The van der Waals surface area contributed by atoms with Crippen LogP contribution in [0.25, 0.3) is 0 Å². The van der Waals surface area contributed by atoms with E-state index >= 15 is 0 Å². The second-order valence-corrected chi connectivity index (χ2v) is 7.20. The average Bonchev–Trinajstić information content (AvgIpc) is 3.10. The molecular formula is C13H24IN5S2. The molecule has 1 aliphatic rings. The highest BCUT2D eigenvalue weighted by atomic mass is 127. The summed E-state index contributed by atoms with van der Waals surface area (Å²) in [6.45, 7) is 1.70. The number of nitrogens with one attached hydrogen (secondary N) is 2.